The number of nitrogens with zero attached hydrogens (tertiary/aromatic N) is 4. The summed E-state index contributed by atoms with van der Waals surface area (Å²) in [7, 11) is 0. The zero-order valence-electron chi connectivity index (χ0n) is 19.2. The van der Waals surface area contributed by atoms with Crippen molar-refractivity contribution in [2.75, 3.05) is 5.73 Å². The van der Waals surface area contributed by atoms with Gasteiger partial charge < -0.3 is 19.8 Å². The van der Waals surface area contributed by atoms with E-state index >= 15 is 0 Å². The second-order valence-corrected chi connectivity index (χ2v) is 11.7. The number of aryl methyl sites for hydroxylation is 2. The first kappa shape index (κ1) is 22.3. The summed E-state index contributed by atoms with van der Waals surface area (Å²) in [4.78, 5) is 13.5. The summed E-state index contributed by atoms with van der Waals surface area (Å²) in [5, 5.41) is 2.55. The minimum absolute atomic E-state index is 0.0237. The average molecular weight is 540 g/mol. The maximum atomic E-state index is 6.42. The van der Waals surface area contributed by atoms with Crippen LogP contribution in [0.15, 0.2) is 47.3 Å². The molecule has 0 saturated carbocycles. The third kappa shape index (κ3) is 3.79. The van der Waals surface area contributed by atoms with E-state index in [9.17, 15) is 0 Å². The van der Waals surface area contributed by atoms with E-state index in [2.05, 4.69) is 65.9 Å². The van der Waals surface area contributed by atoms with Gasteiger partial charge >= 0.3 is 0 Å². The number of nitrogen functional groups attached to an aromatic ring is 1. The molecule has 0 radical (unpaired) electrons. The third-order valence-corrected chi connectivity index (χ3v) is 8.95. The molecule has 2 aliphatic heterocycles. The van der Waals surface area contributed by atoms with Crippen molar-refractivity contribution in [3.8, 4) is 0 Å². The van der Waals surface area contributed by atoms with Gasteiger partial charge in [-0.2, -0.15) is 0 Å². The van der Waals surface area contributed by atoms with E-state index in [0.717, 1.165) is 44.9 Å². The molecule has 176 valence electrons. The number of thioether (sulfide) groups is 1. The molecular weight excluding hydrogens is 514 g/mol. The third-order valence-electron chi connectivity index (χ3n) is 6.69. The molecule has 2 fully saturated rings. The largest absolute Gasteiger partial charge is 0.383 e. The van der Waals surface area contributed by atoms with Gasteiger partial charge in [0.25, 0.3) is 0 Å². The molecule has 0 spiro atoms. The molecule has 34 heavy (non-hydrogen) atoms. The number of hydrogen-bond acceptors (Lipinski definition) is 7. The van der Waals surface area contributed by atoms with E-state index in [1.807, 2.05) is 38.6 Å². The molecule has 0 aliphatic carbocycles. The summed E-state index contributed by atoms with van der Waals surface area (Å²) >= 11 is 5.38. The van der Waals surface area contributed by atoms with E-state index in [0.29, 0.717) is 11.1 Å². The van der Waals surface area contributed by atoms with E-state index in [4.69, 9.17) is 15.2 Å². The van der Waals surface area contributed by atoms with Gasteiger partial charge in [0.15, 0.2) is 5.79 Å². The molecule has 4 atom stereocenters. The van der Waals surface area contributed by atoms with E-state index in [1.54, 1.807) is 6.33 Å². The van der Waals surface area contributed by atoms with Crippen molar-refractivity contribution >= 4 is 55.4 Å². The molecule has 2 saturated heterocycles. The Morgan fingerprint density at radius 3 is 2.82 bits per heavy atom. The van der Waals surface area contributed by atoms with E-state index < -0.39 is 5.79 Å². The van der Waals surface area contributed by atoms with Crippen molar-refractivity contribution in [2.45, 2.75) is 62.2 Å². The first-order chi connectivity index (χ1) is 16.3. The second kappa shape index (κ2) is 8.19. The topological polar surface area (TPSA) is 88.1 Å². The van der Waals surface area contributed by atoms with Gasteiger partial charge in [0, 0.05) is 22.2 Å². The molecule has 2 N–H and O–H groups in total. The molecule has 1 unspecified atom stereocenters. The summed E-state index contributed by atoms with van der Waals surface area (Å²) in [5.41, 5.74) is 10.1. The molecule has 0 bridgehead atoms. The summed E-state index contributed by atoms with van der Waals surface area (Å²) in [6, 6.07) is 10.5. The minimum atomic E-state index is -0.599. The predicted octanol–water partition coefficient (Wildman–Crippen LogP) is 5.40. The van der Waals surface area contributed by atoms with Gasteiger partial charge in [-0.25, -0.2) is 15.0 Å². The smallest absolute Gasteiger partial charge is 0.163 e. The van der Waals surface area contributed by atoms with E-state index in [1.165, 1.54) is 5.56 Å². The van der Waals surface area contributed by atoms with Gasteiger partial charge in [-0.05, 0) is 73.3 Å². The maximum absolute atomic E-state index is 6.42. The predicted molar refractivity (Wildman–Crippen MR) is 139 cm³/mol. The highest BCUT2D eigenvalue weighted by Gasteiger charge is 2.55. The number of ether oxygens (including phenoxy) is 2. The number of pyridine rings is 1. The van der Waals surface area contributed by atoms with Crippen LogP contribution >= 0.6 is 27.7 Å². The van der Waals surface area contributed by atoms with Gasteiger partial charge in [-0.3, -0.25) is 0 Å². The second-order valence-electron chi connectivity index (χ2n) is 9.47. The monoisotopic (exact) mass is 539 g/mol. The lowest BCUT2D eigenvalue weighted by Crippen LogP contribution is -2.29. The van der Waals surface area contributed by atoms with Gasteiger partial charge in [0.1, 0.15) is 35.4 Å². The fraction of sp³-hybridized carbons (Fsp3) is 0.400. The molecule has 7 nitrogen and oxygen atoms in total. The Morgan fingerprint density at radius 1 is 1.15 bits per heavy atom. The Morgan fingerprint density at radius 2 is 1.97 bits per heavy atom. The average Bonchev–Trinajstić information content (AvgIpc) is 3.45. The van der Waals surface area contributed by atoms with E-state index in [-0.39, 0.29) is 17.6 Å². The minimum Gasteiger partial charge on any atom is -0.383 e. The zero-order valence-corrected chi connectivity index (χ0v) is 21.6. The molecule has 0 amide bonds. The molecule has 5 heterocycles. The number of aromatic nitrogens is 4. The molecule has 1 aromatic carbocycles. The number of hydrogen-bond donors (Lipinski definition) is 1. The number of benzene rings is 1. The standard InChI is InChI=1S/C25H26BrN5O2S/c1-13-16-8-9-31(23(16)29-12-28-13)24-21-20(32-25(2,3)33-21)19(34-24)7-5-14-4-6-15-11-17(26)22(27)30-18(15)10-14/h4,6,8-12,19-21,24H,5,7H2,1-3H3,(H2,27,30)/t19?,20-,21-,24-/m1/s1. The zero-order chi connectivity index (χ0) is 23.6. The maximum Gasteiger partial charge on any atom is 0.163 e. The summed E-state index contributed by atoms with van der Waals surface area (Å²) in [5.74, 6) is -0.0863. The van der Waals surface area contributed by atoms with Gasteiger partial charge in [-0.15, -0.1) is 11.8 Å². The fourth-order valence-electron chi connectivity index (χ4n) is 5.08. The van der Waals surface area contributed by atoms with Crippen molar-refractivity contribution < 1.29 is 9.47 Å². The van der Waals surface area contributed by atoms with Crippen LogP contribution in [0.5, 0.6) is 0 Å². The summed E-state index contributed by atoms with van der Waals surface area (Å²) in [6.45, 7) is 6.02. The highest BCUT2D eigenvalue weighted by molar-refractivity contribution is 9.10. The fourth-order valence-corrected chi connectivity index (χ4v) is 7.06. The highest BCUT2D eigenvalue weighted by Crippen LogP contribution is 2.52. The normalized spacial score (nSPS) is 25.9. The summed E-state index contributed by atoms with van der Waals surface area (Å²) < 4.78 is 15.9. The van der Waals surface area contributed by atoms with Crippen LogP contribution in [0.4, 0.5) is 5.82 Å². The van der Waals surface area contributed by atoms with Crippen molar-refractivity contribution in [2.24, 2.45) is 0 Å². The first-order valence-electron chi connectivity index (χ1n) is 11.4. The molecule has 4 aromatic rings. The van der Waals surface area contributed by atoms with Crippen LogP contribution in [0.1, 0.15) is 36.9 Å². The number of nitrogens with two attached hydrogens (primary N) is 1. The van der Waals surface area contributed by atoms with Crippen LogP contribution in [0.2, 0.25) is 0 Å². The molecule has 6 rings (SSSR count). The lowest BCUT2D eigenvalue weighted by Gasteiger charge is -2.24. The van der Waals surface area contributed by atoms with Crippen LogP contribution in [-0.4, -0.2) is 42.8 Å². The number of anilines is 1. The Bertz CT molecular complexity index is 1410. The molecule has 9 heteroatoms. The number of halogens is 1. The quantitative estimate of drug-likeness (QED) is 0.371. The van der Waals surface area contributed by atoms with Crippen molar-refractivity contribution in [1.82, 2.24) is 19.5 Å². The van der Waals surface area contributed by atoms with Crippen LogP contribution < -0.4 is 5.73 Å². The Kier molecular flexibility index (Phi) is 5.36. The molecular formula is C25H26BrN5O2S. The molecule has 3 aromatic heterocycles. The molecule has 2 aliphatic rings. The van der Waals surface area contributed by atoms with Gasteiger partial charge in [0.05, 0.1) is 15.7 Å². The van der Waals surface area contributed by atoms with Gasteiger partial charge in [-0.1, -0.05) is 12.1 Å². The lowest BCUT2D eigenvalue weighted by atomic mass is 10.0. The van der Waals surface area contributed by atoms with Gasteiger partial charge in [0.2, 0.25) is 0 Å². The van der Waals surface area contributed by atoms with Crippen LogP contribution in [-0.2, 0) is 15.9 Å². The summed E-state index contributed by atoms with van der Waals surface area (Å²) in [6.07, 6.45) is 5.64. The SMILES string of the molecule is Cc1ncnc2c1ccn2[C@@H]1SC(CCc2ccc3cc(Br)c(N)nc3c2)[C@H]2OC(C)(C)O[C@H]21. The number of rotatable bonds is 4. The Balaban J connectivity index is 1.27. The van der Waals surface area contributed by atoms with Crippen molar-refractivity contribution in [3.63, 3.8) is 0 Å². The van der Waals surface area contributed by atoms with Crippen molar-refractivity contribution in [1.29, 1.82) is 0 Å². The lowest BCUT2D eigenvalue weighted by molar-refractivity contribution is -0.148. The van der Waals surface area contributed by atoms with Crippen LogP contribution in [0, 0.1) is 6.92 Å². The van der Waals surface area contributed by atoms with Crippen molar-refractivity contribution in [3.05, 3.63) is 58.6 Å². The number of fused-ring (bicyclic) bond motifs is 3. The van der Waals surface area contributed by atoms with Crippen LogP contribution in [0.25, 0.3) is 21.9 Å². The Hall–Kier alpha value is -2.20. The first-order valence-corrected chi connectivity index (χ1v) is 13.2. The Labute approximate surface area is 210 Å². The van der Waals surface area contributed by atoms with Crippen LogP contribution in [0.3, 0.4) is 0 Å². The highest BCUT2D eigenvalue weighted by atomic mass is 79.9.